The zero-order chi connectivity index (χ0) is 19.0. The van der Waals surface area contributed by atoms with E-state index in [9.17, 15) is 4.79 Å². The standard InChI is InChI=1S/C19H22N4O4/c1-11(17-12(2)22-27-13(17)3)18(24)20-14-4-5-15-16(10-14)26-19(21-15)23-6-8-25-9-7-23/h4-5,10-11H,6-9H2,1-3H3,(H,20,24)/t11-/m0/s1. The van der Waals surface area contributed by atoms with Crippen molar-refractivity contribution in [1.82, 2.24) is 10.1 Å². The third kappa shape index (κ3) is 3.40. The fourth-order valence-corrected chi connectivity index (χ4v) is 3.37. The Hall–Kier alpha value is -2.87. The first-order chi connectivity index (χ1) is 13.0. The van der Waals surface area contributed by atoms with Crippen LogP contribution in [-0.4, -0.2) is 42.4 Å². The predicted octanol–water partition coefficient (Wildman–Crippen LogP) is 3.01. The minimum Gasteiger partial charge on any atom is -0.423 e. The van der Waals surface area contributed by atoms with Crippen LogP contribution in [-0.2, 0) is 9.53 Å². The van der Waals surface area contributed by atoms with Gasteiger partial charge in [-0.05, 0) is 32.9 Å². The van der Waals surface area contributed by atoms with E-state index in [2.05, 4.69) is 20.4 Å². The van der Waals surface area contributed by atoms with Gasteiger partial charge in [0.15, 0.2) is 5.58 Å². The lowest BCUT2D eigenvalue weighted by Crippen LogP contribution is -2.36. The molecule has 0 spiro atoms. The molecule has 0 aliphatic carbocycles. The van der Waals surface area contributed by atoms with Crippen molar-refractivity contribution < 1.29 is 18.5 Å². The molecule has 1 saturated heterocycles. The van der Waals surface area contributed by atoms with Crippen LogP contribution in [0, 0.1) is 13.8 Å². The molecule has 2 aromatic heterocycles. The summed E-state index contributed by atoms with van der Waals surface area (Å²) in [7, 11) is 0. The highest BCUT2D eigenvalue weighted by Gasteiger charge is 2.23. The summed E-state index contributed by atoms with van der Waals surface area (Å²) in [5.41, 5.74) is 3.61. The van der Waals surface area contributed by atoms with Crippen LogP contribution in [0.2, 0.25) is 0 Å². The molecule has 27 heavy (non-hydrogen) atoms. The second-order valence-corrected chi connectivity index (χ2v) is 6.73. The van der Waals surface area contributed by atoms with Gasteiger partial charge in [-0.3, -0.25) is 4.79 Å². The van der Waals surface area contributed by atoms with Crippen LogP contribution in [0.25, 0.3) is 11.1 Å². The van der Waals surface area contributed by atoms with Crippen molar-refractivity contribution >= 4 is 28.7 Å². The number of hydrogen-bond donors (Lipinski definition) is 1. The van der Waals surface area contributed by atoms with E-state index in [1.165, 1.54) is 0 Å². The third-order valence-corrected chi connectivity index (χ3v) is 4.84. The summed E-state index contributed by atoms with van der Waals surface area (Å²) in [5.74, 6) is 0.165. The van der Waals surface area contributed by atoms with Gasteiger partial charge in [-0.15, -0.1) is 0 Å². The molecule has 142 valence electrons. The number of anilines is 2. The number of benzene rings is 1. The Morgan fingerprint density at radius 2 is 2.04 bits per heavy atom. The van der Waals surface area contributed by atoms with E-state index in [0.717, 1.165) is 29.9 Å². The summed E-state index contributed by atoms with van der Waals surface area (Å²) in [4.78, 5) is 19.2. The number of nitrogens with one attached hydrogen (secondary N) is 1. The molecule has 1 aliphatic heterocycles. The van der Waals surface area contributed by atoms with Crippen LogP contribution < -0.4 is 10.2 Å². The lowest BCUT2D eigenvalue weighted by Gasteiger charge is -2.24. The quantitative estimate of drug-likeness (QED) is 0.754. The summed E-state index contributed by atoms with van der Waals surface area (Å²) in [6, 6.07) is 6.05. The Morgan fingerprint density at radius 1 is 1.26 bits per heavy atom. The molecule has 8 heteroatoms. The van der Waals surface area contributed by atoms with E-state index in [1.54, 1.807) is 6.07 Å². The molecular weight excluding hydrogens is 348 g/mol. The van der Waals surface area contributed by atoms with E-state index in [1.807, 2.05) is 32.9 Å². The Morgan fingerprint density at radius 3 is 2.74 bits per heavy atom. The number of ether oxygens (including phenoxy) is 1. The number of aryl methyl sites for hydroxylation is 2. The fourth-order valence-electron chi connectivity index (χ4n) is 3.37. The van der Waals surface area contributed by atoms with E-state index in [0.29, 0.717) is 36.3 Å². The van der Waals surface area contributed by atoms with Gasteiger partial charge in [0.1, 0.15) is 11.3 Å². The summed E-state index contributed by atoms with van der Waals surface area (Å²) < 4.78 is 16.4. The fraction of sp³-hybridized carbons (Fsp3) is 0.421. The van der Waals surface area contributed by atoms with Crippen LogP contribution in [0.4, 0.5) is 11.7 Å². The monoisotopic (exact) mass is 370 g/mol. The Bertz CT molecular complexity index is 952. The highest BCUT2D eigenvalue weighted by molar-refractivity contribution is 5.97. The van der Waals surface area contributed by atoms with Crippen molar-refractivity contribution in [2.45, 2.75) is 26.7 Å². The molecule has 1 amide bonds. The first kappa shape index (κ1) is 17.5. The normalized spacial score (nSPS) is 15.9. The lowest BCUT2D eigenvalue weighted by atomic mass is 9.98. The number of nitrogens with zero attached hydrogens (tertiary/aromatic N) is 3. The number of carbonyl (C=O) groups is 1. The average molecular weight is 370 g/mol. The maximum Gasteiger partial charge on any atom is 0.298 e. The minimum atomic E-state index is -0.370. The van der Waals surface area contributed by atoms with Crippen molar-refractivity contribution in [2.24, 2.45) is 0 Å². The number of morpholine rings is 1. The van der Waals surface area contributed by atoms with Crippen LogP contribution in [0.15, 0.2) is 27.1 Å². The highest BCUT2D eigenvalue weighted by atomic mass is 16.5. The predicted molar refractivity (Wildman–Crippen MR) is 100 cm³/mol. The van der Waals surface area contributed by atoms with Crippen molar-refractivity contribution in [1.29, 1.82) is 0 Å². The number of carbonyl (C=O) groups excluding carboxylic acids is 1. The summed E-state index contributed by atoms with van der Waals surface area (Å²) in [6.07, 6.45) is 0. The van der Waals surface area contributed by atoms with Gasteiger partial charge in [-0.1, -0.05) is 5.16 Å². The van der Waals surface area contributed by atoms with Crippen molar-refractivity contribution in [3.8, 4) is 0 Å². The van der Waals surface area contributed by atoms with E-state index < -0.39 is 0 Å². The molecule has 1 aromatic carbocycles. The molecule has 3 aromatic rings. The molecule has 0 bridgehead atoms. The van der Waals surface area contributed by atoms with Gasteiger partial charge in [0.05, 0.1) is 24.8 Å². The molecule has 1 fully saturated rings. The van der Waals surface area contributed by atoms with Gasteiger partial charge >= 0.3 is 0 Å². The van der Waals surface area contributed by atoms with Gasteiger partial charge in [-0.25, -0.2) is 0 Å². The molecule has 1 aliphatic rings. The molecule has 4 rings (SSSR count). The highest BCUT2D eigenvalue weighted by Crippen LogP contribution is 2.27. The van der Waals surface area contributed by atoms with E-state index in [-0.39, 0.29) is 11.8 Å². The number of aromatic nitrogens is 2. The molecular formula is C19H22N4O4. The van der Waals surface area contributed by atoms with Gasteiger partial charge < -0.3 is 23.9 Å². The molecule has 1 atom stereocenters. The summed E-state index contributed by atoms with van der Waals surface area (Å²) >= 11 is 0. The Kier molecular flexibility index (Phi) is 4.57. The van der Waals surface area contributed by atoms with Crippen molar-refractivity contribution in [3.05, 3.63) is 35.2 Å². The first-order valence-corrected chi connectivity index (χ1v) is 9.00. The third-order valence-electron chi connectivity index (χ3n) is 4.84. The molecule has 8 nitrogen and oxygen atoms in total. The number of amides is 1. The van der Waals surface area contributed by atoms with Gasteiger partial charge in [0.25, 0.3) is 6.01 Å². The second kappa shape index (κ2) is 7.03. The first-order valence-electron chi connectivity index (χ1n) is 9.00. The second-order valence-electron chi connectivity index (χ2n) is 6.73. The summed E-state index contributed by atoms with van der Waals surface area (Å²) in [6.45, 7) is 8.33. The van der Waals surface area contributed by atoms with Gasteiger partial charge in [0.2, 0.25) is 5.91 Å². The zero-order valence-electron chi connectivity index (χ0n) is 15.6. The molecule has 1 N–H and O–H groups in total. The molecule has 0 saturated carbocycles. The average Bonchev–Trinajstić information content (AvgIpc) is 3.24. The SMILES string of the molecule is Cc1noc(C)c1[C@H](C)C(=O)Nc1ccc2nc(N3CCOCC3)oc2c1. The smallest absolute Gasteiger partial charge is 0.298 e. The number of rotatable bonds is 4. The van der Waals surface area contributed by atoms with Crippen molar-refractivity contribution in [3.63, 3.8) is 0 Å². The topological polar surface area (TPSA) is 93.6 Å². The maximum atomic E-state index is 12.7. The van der Waals surface area contributed by atoms with Crippen LogP contribution in [0.5, 0.6) is 0 Å². The number of fused-ring (bicyclic) bond motifs is 1. The largest absolute Gasteiger partial charge is 0.423 e. The van der Waals surface area contributed by atoms with Crippen LogP contribution >= 0.6 is 0 Å². The van der Waals surface area contributed by atoms with Crippen LogP contribution in [0.3, 0.4) is 0 Å². The van der Waals surface area contributed by atoms with E-state index in [4.69, 9.17) is 13.7 Å². The Labute approximate surface area is 156 Å². The molecule has 0 radical (unpaired) electrons. The van der Waals surface area contributed by atoms with Gasteiger partial charge in [0, 0.05) is 30.4 Å². The van der Waals surface area contributed by atoms with Crippen molar-refractivity contribution in [2.75, 3.05) is 36.5 Å². The minimum absolute atomic E-state index is 0.128. The zero-order valence-corrected chi connectivity index (χ0v) is 15.6. The maximum absolute atomic E-state index is 12.7. The lowest BCUT2D eigenvalue weighted by molar-refractivity contribution is -0.117. The number of hydrogen-bond acceptors (Lipinski definition) is 7. The van der Waals surface area contributed by atoms with Gasteiger partial charge in [-0.2, -0.15) is 4.98 Å². The Balaban J connectivity index is 1.52. The van der Waals surface area contributed by atoms with E-state index >= 15 is 0 Å². The molecule has 0 unspecified atom stereocenters. The molecule has 3 heterocycles. The van der Waals surface area contributed by atoms with Crippen LogP contribution in [0.1, 0.15) is 29.9 Å². The summed E-state index contributed by atoms with van der Waals surface area (Å²) in [5, 5.41) is 6.86. The number of oxazole rings is 1.